The first-order chi connectivity index (χ1) is 7.07. The van der Waals surface area contributed by atoms with Crippen molar-refractivity contribution in [2.24, 2.45) is 21.4 Å². The van der Waals surface area contributed by atoms with E-state index in [1.54, 1.807) is 0 Å². The Morgan fingerprint density at radius 1 is 0.667 bits per heavy atom. The van der Waals surface area contributed by atoms with Crippen molar-refractivity contribution in [1.29, 1.82) is 0 Å². The third kappa shape index (κ3) is 1190. The van der Waals surface area contributed by atoms with E-state index in [0.717, 1.165) is 21.4 Å². The Hall–Kier alpha value is -1.13. The van der Waals surface area contributed by atoms with Gasteiger partial charge in [-0.05, 0) is 0 Å². The van der Waals surface area contributed by atoms with Gasteiger partial charge in [-0.15, -0.1) is 21.4 Å². The summed E-state index contributed by atoms with van der Waals surface area (Å²) >= 11 is -0.472. The molecule has 0 N–H and O–H groups in total. The molecule has 0 unspecified atom stereocenters. The van der Waals surface area contributed by atoms with Crippen LogP contribution in [0.4, 0.5) is 0 Å². The number of hydrogen-bond acceptors (Lipinski definition) is 12. The van der Waals surface area contributed by atoms with E-state index in [2.05, 4.69) is 0 Å². The average Bonchev–Trinajstić information content (AvgIpc) is 2.09. The molecular weight excluding hydrogens is 450 g/mol. The first-order valence-corrected chi connectivity index (χ1v) is 7.33. The van der Waals surface area contributed by atoms with Crippen LogP contribution in [-0.2, 0) is 16.5 Å². The summed E-state index contributed by atoms with van der Waals surface area (Å²) in [5.41, 5.74) is 0. The summed E-state index contributed by atoms with van der Waals surface area (Å²) in [6.07, 6.45) is 0. The molecule has 15 heteroatoms. The fraction of sp³-hybridized carbons (Fsp3) is 0. The van der Waals surface area contributed by atoms with E-state index in [1.807, 2.05) is 0 Å². The van der Waals surface area contributed by atoms with Crippen molar-refractivity contribution in [3.8, 4) is 0 Å². The van der Waals surface area contributed by atoms with Crippen molar-refractivity contribution >= 4 is 18.8 Å². The van der Waals surface area contributed by atoms with Gasteiger partial charge in [-0.3, -0.25) is 0 Å². The monoisotopic (exact) mass is 449 g/mol. The van der Waals surface area contributed by atoms with Gasteiger partial charge in [-0.2, -0.15) is 0 Å². The van der Waals surface area contributed by atoms with Crippen LogP contribution in [0.5, 0.6) is 0 Å². The van der Waals surface area contributed by atoms with Crippen molar-refractivity contribution in [2.75, 3.05) is 0 Å². The fourth-order valence-electron chi connectivity index (χ4n) is 0. The molecule has 0 saturated carbocycles. The molecule has 0 fully saturated rings. The molecule has 12 nitrogen and oxygen atoms in total. The van der Waals surface area contributed by atoms with Crippen LogP contribution in [-0.4, -0.2) is 0 Å². The molecule has 0 radical (unpaired) electrons. The van der Waals surface area contributed by atoms with Gasteiger partial charge >= 0.3 is 35.3 Å². The molecule has 0 rings (SSSR count). The molecule has 0 aromatic rings. The minimum absolute atomic E-state index is 0.472. The van der Waals surface area contributed by atoms with E-state index >= 15 is 0 Å². The summed E-state index contributed by atoms with van der Waals surface area (Å²) in [5, 5.41) is 36.0. The van der Waals surface area contributed by atoms with Crippen LogP contribution in [0.1, 0.15) is 0 Å². The van der Waals surface area contributed by atoms with Gasteiger partial charge in [-0.25, -0.2) is 0 Å². The summed E-state index contributed by atoms with van der Waals surface area (Å²) in [6, 6.07) is 0. The van der Waals surface area contributed by atoms with E-state index in [0.29, 0.717) is 0 Å². The van der Waals surface area contributed by atoms with Crippen LogP contribution in [0.15, 0.2) is 21.4 Å². The number of halogens is 2. The Kier molecular flexibility index (Phi) is 236. The summed E-state index contributed by atoms with van der Waals surface area (Å²) in [5.74, 6) is 0. The molecule has 15 heavy (non-hydrogen) atoms. The maximum absolute atomic E-state index is 8.00. The molecule has 0 bridgehead atoms. The van der Waals surface area contributed by atoms with E-state index in [1.165, 1.54) is 0 Å². The van der Waals surface area contributed by atoms with Gasteiger partial charge in [0.1, 0.15) is 0 Å². The fourth-order valence-corrected chi connectivity index (χ4v) is 0. The molecule has 0 saturated heterocycles. The quantitative estimate of drug-likeness (QED) is 0.394. The Balaban J connectivity index is -0.0000000278. The Labute approximate surface area is 97.3 Å². The van der Waals surface area contributed by atoms with Gasteiger partial charge in [0.05, 0.1) is 0 Å². The van der Waals surface area contributed by atoms with Gasteiger partial charge in [0, 0.05) is 0 Å². The van der Waals surface area contributed by atoms with Crippen LogP contribution in [0.2, 0.25) is 0 Å². The second-order valence-electron chi connectivity index (χ2n) is 0.343. The molecule has 0 aliphatic carbocycles. The van der Waals surface area contributed by atoms with E-state index in [4.69, 9.17) is 59.3 Å². The standard InChI is InChI=1S/2ClH.4HNO2.Pt/c;;4*2-1-3;/h2*1H;4*(H,2,3);/q;;;;;;+2/p-6. The van der Waals surface area contributed by atoms with Crippen LogP contribution >= 0.6 is 18.8 Å². The van der Waals surface area contributed by atoms with Gasteiger partial charge in [0.25, 0.3) is 0 Å². The summed E-state index contributed by atoms with van der Waals surface area (Å²) in [6.45, 7) is 0. The van der Waals surface area contributed by atoms with Crippen LogP contribution in [0, 0.1) is 40.5 Å². The van der Waals surface area contributed by atoms with Gasteiger partial charge in [0.15, 0.2) is 0 Å². The normalized spacial score (nSPS) is 4.67. The predicted octanol–water partition coefficient (Wildman–Crippen LogP) is 2.38. The zero-order valence-corrected chi connectivity index (χ0v) is 9.91. The van der Waals surface area contributed by atoms with Gasteiger partial charge in [0.2, 0.25) is 0 Å². The molecule has 0 aromatic carbocycles. The molecule has 0 spiro atoms. The molecular formula is Cl2N4O8Pt-4. The average molecular weight is 450 g/mol. The SMILES string of the molecule is O=N[O-].O=N[O-].O=N[O-].O=N[O-].[Cl][Pt][Cl]. The van der Waals surface area contributed by atoms with Crippen LogP contribution < -0.4 is 0 Å². The Morgan fingerprint density at radius 3 is 0.667 bits per heavy atom. The van der Waals surface area contributed by atoms with Crippen LogP contribution in [0.25, 0.3) is 0 Å². The van der Waals surface area contributed by atoms with E-state index in [9.17, 15) is 0 Å². The van der Waals surface area contributed by atoms with Crippen molar-refractivity contribution in [3.63, 3.8) is 0 Å². The van der Waals surface area contributed by atoms with Gasteiger partial charge in [-0.1, -0.05) is 0 Å². The van der Waals surface area contributed by atoms with Gasteiger partial charge < -0.3 is 40.5 Å². The van der Waals surface area contributed by atoms with Crippen LogP contribution in [0.3, 0.4) is 0 Å². The summed E-state index contributed by atoms with van der Waals surface area (Å²) in [7, 11) is 9.75. The number of hydrogen-bond donors (Lipinski definition) is 0. The number of nitrogens with zero attached hydrogens (tertiary/aromatic N) is 4. The molecule has 96 valence electrons. The maximum atomic E-state index is 8.00. The van der Waals surface area contributed by atoms with Crippen molar-refractivity contribution in [2.45, 2.75) is 0 Å². The second kappa shape index (κ2) is 121. The first kappa shape index (κ1) is 29.2. The summed E-state index contributed by atoms with van der Waals surface area (Å²) < 4.78 is 0. The minimum atomic E-state index is -0.472. The molecule has 0 atom stereocenters. The first-order valence-electron chi connectivity index (χ1n) is 1.70. The molecule has 0 amide bonds. The zero-order valence-electron chi connectivity index (χ0n) is 6.13. The topological polar surface area (TPSA) is 210 Å². The number of rotatable bonds is 0. The Bertz CT molecular complexity index is 88.8. The van der Waals surface area contributed by atoms with E-state index < -0.39 is 16.5 Å². The summed E-state index contributed by atoms with van der Waals surface area (Å²) in [4.78, 5) is 32.0. The van der Waals surface area contributed by atoms with E-state index in [-0.39, 0.29) is 0 Å². The third-order valence-corrected chi connectivity index (χ3v) is 0. The van der Waals surface area contributed by atoms with Crippen molar-refractivity contribution < 1.29 is 16.5 Å². The molecule has 0 aliphatic heterocycles. The van der Waals surface area contributed by atoms with Crippen molar-refractivity contribution in [1.82, 2.24) is 0 Å². The Morgan fingerprint density at radius 2 is 0.667 bits per heavy atom. The molecule has 0 heterocycles. The van der Waals surface area contributed by atoms with Crippen molar-refractivity contribution in [3.05, 3.63) is 40.5 Å². The zero-order chi connectivity index (χ0) is 13.5. The third-order valence-electron chi connectivity index (χ3n) is 0. The predicted molar refractivity (Wildman–Crippen MR) is 48.4 cm³/mol. The molecule has 0 aliphatic rings. The second-order valence-corrected chi connectivity index (χ2v) is 3.63. The molecule has 0 aromatic heterocycles.